The number of benzene rings is 1. The third-order valence-electron chi connectivity index (χ3n) is 18.0. The highest BCUT2D eigenvalue weighted by atomic mass is 32.1. The summed E-state index contributed by atoms with van der Waals surface area (Å²) in [6.45, 7) is 16.0. The van der Waals surface area contributed by atoms with Gasteiger partial charge in [0.15, 0.2) is 0 Å². The van der Waals surface area contributed by atoms with Crippen LogP contribution in [0.1, 0.15) is 267 Å². The van der Waals surface area contributed by atoms with Crippen molar-refractivity contribution in [2.75, 3.05) is 6.54 Å². The van der Waals surface area contributed by atoms with Crippen LogP contribution in [0.5, 0.6) is 0 Å². The van der Waals surface area contributed by atoms with Crippen LogP contribution in [-0.4, -0.2) is 23.3 Å². The van der Waals surface area contributed by atoms with Crippen molar-refractivity contribution >= 4 is 111 Å². The van der Waals surface area contributed by atoms with Gasteiger partial charge in [-0.1, -0.05) is 221 Å². The molecule has 1 aliphatic heterocycles. The number of nitrogens with zero attached hydrogens (tertiary/aromatic N) is 1. The van der Waals surface area contributed by atoms with E-state index < -0.39 is 0 Å². The first-order chi connectivity index (χ1) is 42.0. The molecule has 0 saturated heterocycles. The topological polar surface area (TPSA) is 37.4 Å². The molecule has 8 heterocycles. The number of carbonyl (C=O) groups is 2. The number of unbranched alkanes of at least 4 members (excludes halogenated alkanes) is 21. The Kier molecular flexibility index (Phi) is 26.2. The Morgan fingerprint density at radius 3 is 1.26 bits per heavy atom. The summed E-state index contributed by atoms with van der Waals surface area (Å²) >= 11 is 11.8. The molecule has 0 spiro atoms. The van der Waals surface area contributed by atoms with E-state index >= 15 is 8.78 Å². The van der Waals surface area contributed by atoms with Gasteiger partial charge in [-0.2, -0.15) is 0 Å². The Morgan fingerprint density at radius 2 is 0.779 bits per heavy atom. The Bertz CT molecular complexity index is 3290. The Morgan fingerprint density at radius 1 is 0.372 bits per heavy atom. The van der Waals surface area contributed by atoms with Gasteiger partial charge >= 0.3 is 0 Å². The van der Waals surface area contributed by atoms with Gasteiger partial charge in [-0.05, 0) is 93.5 Å². The molecule has 2 atom stereocenters. The molecule has 2 unspecified atom stereocenters. The average molecular weight is 1300 g/mol. The third-order valence-corrected chi connectivity index (χ3v) is 26.3. The van der Waals surface area contributed by atoms with Crippen molar-refractivity contribution in [2.45, 2.75) is 254 Å². The lowest BCUT2D eigenvalue weighted by Gasteiger charge is -2.16. The summed E-state index contributed by atoms with van der Waals surface area (Å²) in [7, 11) is 0. The van der Waals surface area contributed by atoms with Crippen molar-refractivity contribution in [3.63, 3.8) is 0 Å². The Labute approximate surface area is 543 Å². The first-order valence-corrected chi connectivity index (χ1v) is 39.4. The van der Waals surface area contributed by atoms with Gasteiger partial charge in [-0.15, -0.1) is 79.4 Å². The summed E-state index contributed by atoms with van der Waals surface area (Å²) in [6, 6.07) is 16.9. The van der Waals surface area contributed by atoms with E-state index in [1.807, 2.05) is 12.1 Å². The zero-order chi connectivity index (χ0) is 60.5. The monoisotopic (exact) mass is 1290 g/mol. The van der Waals surface area contributed by atoms with Crippen LogP contribution in [0.2, 0.25) is 0 Å². The number of thiophene rings is 7. The van der Waals surface area contributed by atoms with Crippen molar-refractivity contribution in [2.24, 2.45) is 11.8 Å². The van der Waals surface area contributed by atoms with Crippen LogP contribution in [0.25, 0.3) is 70.3 Å². The fraction of sp³-hybridized carbons (Fsp3) is 0.568. The molecule has 1 aliphatic rings. The number of hydrogen-bond acceptors (Lipinski definition) is 9. The maximum Gasteiger partial charge on any atom is 0.263 e. The number of amides is 2. The average Bonchev–Trinajstić information content (AvgIpc) is 1.60. The van der Waals surface area contributed by atoms with Crippen molar-refractivity contribution in [3.05, 3.63) is 90.8 Å². The molecule has 8 aromatic rings. The van der Waals surface area contributed by atoms with Gasteiger partial charge < -0.3 is 0 Å². The van der Waals surface area contributed by atoms with Gasteiger partial charge in [-0.25, -0.2) is 8.78 Å². The molecule has 2 amide bonds. The van der Waals surface area contributed by atoms with Crippen LogP contribution < -0.4 is 0 Å². The lowest BCUT2D eigenvalue weighted by Crippen LogP contribution is -2.31. The predicted octanol–water partition coefficient (Wildman–Crippen LogP) is 27.4. The summed E-state index contributed by atoms with van der Waals surface area (Å²) in [5, 5.41) is 2.21. The smallest absolute Gasteiger partial charge is 0.263 e. The van der Waals surface area contributed by atoms with Gasteiger partial charge in [-0.3, -0.25) is 14.5 Å². The normalized spacial score (nSPS) is 13.5. The number of carbonyl (C=O) groups excluding carboxylic acids is 2. The van der Waals surface area contributed by atoms with Gasteiger partial charge in [0.05, 0.1) is 20.9 Å². The summed E-state index contributed by atoms with van der Waals surface area (Å²) in [4.78, 5) is 42.6. The molecule has 7 aromatic heterocycles. The number of imide groups is 1. The molecule has 3 nitrogen and oxygen atoms in total. The van der Waals surface area contributed by atoms with Crippen LogP contribution >= 0.6 is 79.4 Å². The summed E-state index contributed by atoms with van der Waals surface area (Å²) < 4.78 is 36.2. The van der Waals surface area contributed by atoms with E-state index in [1.165, 1.54) is 162 Å². The number of aryl methyl sites for hydroxylation is 2. The van der Waals surface area contributed by atoms with Crippen molar-refractivity contribution in [3.8, 4) is 50.1 Å². The van der Waals surface area contributed by atoms with Gasteiger partial charge in [0.25, 0.3) is 11.8 Å². The van der Waals surface area contributed by atoms with E-state index in [0.717, 1.165) is 138 Å². The molecule has 1 aromatic carbocycles. The third kappa shape index (κ3) is 16.8. The predicted molar refractivity (Wildman–Crippen MR) is 380 cm³/mol. The molecule has 12 heteroatoms. The maximum absolute atomic E-state index is 17.0. The zero-order valence-corrected chi connectivity index (χ0v) is 58.7. The van der Waals surface area contributed by atoms with Crippen molar-refractivity contribution in [1.82, 2.24) is 4.90 Å². The minimum Gasteiger partial charge on any atom is -0.274 e. The first-order valence-electron chi connectivity index (χ1n) is 33.7. The molecule has 9 rings (SSSR count). The molecule has 0 N–H and O–H groups in total. The molecular formula is C74H97F2NO2S7. The van der Waals surface area contributed by atoms with E-state index in [2.05, 4.69) is 84.9 Å². The highest BCUT2D eigenvalue weighted by Gasteiger charge is 2.42. The lowest BCUT2D eigenvalue weighted by atomic mass is 9.91. The fourth-order valence-electron chi connectivity index (χ4n) is 13.2. The molecule has 86 heavy (non-hydrogen) atoms. The van der Waals surface area contributed by atoms with Crippen LogP contribution in [-0.2, 0) is 12.8 Å². The van der Waals surface area contributed by atoms with Gasteiger partial charge in [0.2, 0.25) is 0 Å². The molecule has 0 fully saturated rings. The number of rotatable bonds is 40. The van der Waals surface area contributed by atoms with Crippen LogP contribution in [0.3, 0.4) is 0 Å². The second-order valence-electron chi connectivity index (χ2n) is 25.0. The molecule has 0 aliphatic carbocycles. The molecule has 0 bridgehead atoms. The quantitative estimate of drug-likeness (QED) is 0.0284. The Balaban J connectivity index is 1.12. The standard InChI is InChI=1S/C74H97F2NO2S7/c1-8-13-18-23-26-31-36-51(34-29-21-16-11-4)44-60-55(75)47-63(83-60)65-53-43-50(7)81-69(53)66(64-48-56(76)61(84-64)45-52(35-30-22-17-12-5)37-32-27-24-19-14-9-2)54-46-62(85-70(54)65)57-40-41-59(82-57)72-68-67(71(86-72)58-39-38-49(6)80-58)73(78)77(74(68)79)42-33-28-25-20-15-10-3/h38-41,43,46-48,51-52H,8-37,42,44-45H2,1-7H3. The summed E-state index contributed by atoms with van der Waals surface area (Å²) in [5.74, 6) is 0.410. The number of halogens is 2. The Hall–Kier alpha value is -3.36. The molecular weight excluding hydrogens is 1200 g/mol. The van der Waals surface area contributed by atoms with E-state index in [0.29, 0.717) is 29.5 Å². The maximum atomic E-state index is 17.0. The van der Waals surface area contributed by atoms with Crippen LogP contribution in [0.4, 0.5) is 8.78 Å². The SMILES string of the molecule is CCCCCCCCC(CCCCCC)Cc1sc(-c2c3cc(-c4ccc(-c5sc(-c6ccc(C)s6)c6c5C(=O)N(CCCCCCCC)C6=O)s4)sc3c(-c3cc(F)c(CC(CCCCCC)CCCCCCCC)s3)c3cc(C)sc23)cc1F. The minimum atomic E-state index is -0.175. The molecule has 0 saturated carbocycles. The number of fused-ring (bicyclic) bond motifs is 3. The van der Waals surface area contributed by atoms with E-state index in [4.69, 9.17) is 0 Å². The van der Waals surface area contributed by atoms with Gasteiger partial charge in [0, 0.05) is 86.6 Å². The van der Waals surface area contributed by atoms with Crippen molar-refractivity contribution in [1.29, 1.82) is 0 Å². The highest BCUT2D eigenvalue weighted by Crippen LogP contribution is 2.56. The zero-order valence-electron chi connectivity index (χ0n) is 53.0. The fourth-order valence-corrected chi connectivity index (χ4v) is 21.5. The largest absolute Gasteiger partial charge is 0.274 e. The van der Waals surface area contributed by atoms with E-state index in [1.54, 1.807) is 79.4 Å². The van der Waals surface area contributed by atoms with E-state index in [-0.39, 0.29) is 23.4 Å². The second kappa shape index (κ2) is 33.6. The molecule has 0 radical (unpaired) electrons. The molecule has 466 valence electrons. The second-order valence-corrected chi connectivity index (χ2v) is 33.0. The summed E-state index contributed by atoms with van der Waals surface area (Å²) in [5.41, 5.74) is 3.29. The van der Waals surface area contributed by atoms with Gasteiger partial charge in [0.1, 0.15) is 11.6 Å². The van der Waals surface area contributed by atoms with Crippen molar-refractivity contribution < 1.29 is 18.4 Å². The lowest BCUT2D eigenvalue weighted by molar-refractivity contribution is 0.0651. The van der Waals surface area contributed by atoms with Crippen LogP contribution in [0.15, 0.2) is 48.5 Å². The highest BCUT2D eigenvalue weighted by molar-refractivity contribution is 7.31. The van der Waals surface area contributed by atoms with E-state index in [9.17, 15) is 9.59 Å². The summed E-state index contributed by atoms with van der Waals surface area (Å²) in [6.07, 6.45) is 37.7. The number of hydrogen-bond donors (Lipinski definition) is 0. The van der Waals surface area contributed by atoms with Crippen LogP contribution in [0, 0.1) is 37.3 Å². The minimum absolute atomic E-state index is 0.0854. The first kappa shape index (κ1) is 67.0.